The molecule has 3 aromatic carbocycles. The molecule has 0 saturated heterocycles. The molecule has 4 rings (SSSR count). The van der Waals surface area contributed by atoms with Crippen molar-refractivity contribution in [3.63, 3.8) is 0 Å². The second kappa shape index (κ2) is 12.3. The Kier molecular flexibility index (Phi) is 8.45. The van der Waals surface area contributed by atoms with Crippen LogP contribution < -0.4 is 15.4 Å². The van der Waals surface area contributed by atoms with E-state index in [1.807, 2.05) is 61.5 Å². The van der Waals surface area contributed by atoms with Crippen molar-refractivity contribution in [3.8, 4) is 11.5 Å². The Morgan fingerprint density at radius 3 is 2.50 bits per heavy atom. The summed E-state index contributed by atoms with van der Waals surface area (Å²) in [6, 6.07) is 23.5. The zero-order valence-corrected chi connectivity index (χ0v) is 19.9. The molecule has 0 fully saturated rings. The highest BCUT2D eigenvalue weighted by Crippen LogP contribution is 2.23. The molecule has 8 nitrogen and oxygen atoms in total. The molecular weight excluding hydrogens is 456 g/mol. The van der Waals surface area contributed by atoms with Crippen LogP contribution in [-0.4, -0.2) is 34.4 Å². The first-order valence-electron chi connectivity index (χ1n) is 11.6. The fourth-order valence-electron chi connectivity index (χ4n) is 3.50. The molecule has 0 radical (unpaired) electrons. The maximum atomic E-state index is 13.0. The minimum Gasteiger partial charge on any atom is -0.457 e. The van der Waals surface area contributed by atoms with Crippen molar-refractivity contribution in [2.75, 3.05) is 11.9 Å². The van der Waals surface area contributed by atoms with Crippen molar-refractivity contribution < 1.29 is 19.1 Å². The van der Waals surface area contributed by atoms with Gasteiger partial charge in [0.25, 0.3) is 0 Å². The first kappa shape index (κ1) is 24.7. The highest BCUT2D eigenvalue weighted by Gasteiger charge is 2.22. The van der Waals surface area contributed by atoms with Gasteiger partial charge in [-0.3, -0.25) is 9.59 Å². The number of aromatic nitrogens is 2. The Balaban J connectivity index is 1.37. The van der Waals surface area contributed by atoms with Gasteiger partial charge in [-0.15, -0.1) is 0 Å². The van der Waals surface area contributed by atoms with E-state index in [4.69, 9.17) is 9.47 Å². The van der Waals surface area contributed by atoms with Crippen LogP contribution in [0.4, 0.5) is 5.69 Å². The van der Waals surface area contributed by atoms with E-state index in [9.17, 15) is 9.59 Å². The number of nitrogens with zero attached hydrogens (tertiary/aromatic N) is 1. The average molecular weight is 485 g/mol. The normalized spacial score (nSPS) is 11.5. The highest BCUT2D eigenvalue weighted by atomic mass is 16.5. The van der Waals surface area contributed by atoms with Crippen molar-refractivity contribution in [1.29, 1.82) is 0 Å². The molecule has 0 aliphatic rings. The lowest BCUT2D eigenvalue weighted by Gasteiger charge is -2.19. The van der Waals surface area contributed by atoms with Gasteiger partial charge < -0.3 is 25.1 Å². The number of aromatic amines is 1. The number of carbonyl (C=O) groups excluding carboxylic acids is 2. The van der Waals surface area contributed by atoms with Gasteiger partial charge in [0.1, 0.15) is 17.5 Å². The van der Waals surface area contributed by atoms with E-state index < -0.39 is 6.04 Å². The molecule has 0 bridgehead atoms. The average Bonchev–Trinajstić information content (AvgIpc) is 3.38. The van der Waals surface area contributed by atoms with Crippen LogP contribution >= 0.6 is 0 Å². The molecule has 0 aliphatic heterocycles. The van der Waals surface area contributed by atoms with Gasteiger partial charge in [0.05, 0.1) is 31.7 Å². The van der Waals surface area contributed by atoms with Crippen molar-refractivity contribution in [1.82, 2.24) is 15.3 Å². The molecule has 1 aromatic heterocycles. The number of aryl methyl sites for hydroxylation is 1. The number of anilines is 1. The number of benzene rings is 3. The van der Waals surface area contributed by atoms with Gasteiger partial charge in [-0.25, -0.2) is 4.98 Å². The fraction of sp³-hybridized carbons (Fsp3) is 0.179. The van der Waals surface area contributed by atoms with E-state index in [1.165, 1.54) is 6.33 Å². The number of imidazole rings is 1. The number of nitrogens with one attached hydrogen (secondary N) is 3. The molecule has 36 heavy (non-hydrogen) atoms. The van der Waals surface area contributed by atoms with Crippen LogP contribution in [-0.2, 0) is 27.4 Å². The molecular formula is C28H28N4O4. The molecule has 8 heteroatoms. The Morgan fingerprint density at radius 2 is 1.78 bits per heavy atom. The molecule has 0 saturated carbocycles. The summed E-state index contributed by atoms with van der Waals surface area (Å²) < 4.78 is 11.6. The van der Waals surface area contributed by atoms with Gasteiger partial charge >= 0.3 is 0 Å². The summed E-state index contributed by atoms with van der Waals surface area (Å²) in [4.78, 5) is 32.5. The number of carbonyl (C=O) groups is 2. The van der Waals surface area contributed by atoms with Gasteiger partial charge in [0.2, 0.25) is 11.8 Å². The van der Waals surface area contributed by atoms with E-state index in [0.717, 1.165) is 16.9 Å². The second-order valence-electron chi connectivity index (χ2n) is 8.29. The molecule has 2 amide bonds. The summed E-state index contributed by atoms with van der Waals surface area (Å²) >= 11 is 0. The fourth-order valence-corrected chi connectivity index (χ4v) is 3.50. The molecule has 4 aromatic rings. The Hall–Kier alpha value is -4.43. The van der Waals surface area contributed by atoms with Crippen LogP contribution in [0.1, 0.15) is 16.8 Å². The summed E-state index contributed by atoms with van der Waals surface area (Å²) in [5.74, 6) is 0.675. The third-order valence-electron chi connectivity index (χ3n) is 5.29. The van der Waals surface area contributed by atoms with Crippen molar-refractivity contribution in [2.24, 2.45) is 0 Å². The lowest BCUT2D eigenvalue weighted by molar-refractivity contribution is -0.127. The molecule has 184 valence electrons. The van der Waals surface area contributed by atoms with Gasteiger partial charge in [0.15, 0.2) is 0 Å². The van der Waals surface area contributed by atoms with Crippen molar-refractivity contribution >= 4 is 17.5 Å². The van der Waals surface area contributed by atoms with Gasteiger partial charge in [-0.1, -0.05) is 42.5 Å². The zero-order valence-electron chi connectivity index (χ0n) is 19.9. The van der Waals surface area contributed by atoms with Crippen LogP contribution in [0.3, 0.4) is 0 Å². The van der Waals surface area contributed by atoms with E-state index in [2.05, 4.69) is 20.6 Å². The molecule has 3 N–H and O–H groups in total. The summed E-state index contributed by atoms with van der Waals surface area (Å²) in [7, 11) is 0. The van der Waals surface area contributed by atoms with Crippen molar-refractivity contribution in [2.45, 2.75) is 26.0 Å². The number of rotatable bonds is 11. The minimum atomic E-state index is -0.886. The number of amides is 2. The molecule has 0 unspecified atom stereocenters. The summed E-state index contributed by atoms with van der Waals surface area (Å²) in [5.41, 5.74) is 3.24. The molecule has 1 heterocycles. The lowest BCUT2D eigenvalue weighted by atomic mass is 10.2. The Bertz CT molecular complexity index is 1260. The molecule has 1 atom stereocenters. The Morgan fingerprint density at radius 1 is 0.972 bits per heavy atom. The summed E-state index contributed by atoms with van der Waals surface area (Å²) in [5, 5.41) is 5.60. The van der Waals surface area contributed by atoms with Crippen LogP contribution in [0.25, 0.3) is 0 Å². The molecule has 0 aliphatic carbocycles. The first-order chi connectivity index (χ1) is 17.5. The zero-order chi connectivity index (χ0) is 25.2. The third-order valence-corrected chi connectivity index (χ3v) is 5.29. The lowest BCUT2D eigenvalue weighted by Crippen LogP contribution is -2.47. The largest absolute Gasteiger partial charge is 0.457 e. The van der Waals surface area contributed by atoms with E-state index in [-0.39, 0.29) is 24.8 Å². The smallest absolute Gasteiger partial charge is 0.249 e. The SMILES string of the molecule is Cc1cccc(Oc2ccc(NC(=O)[C@H](COCc3ccccc3)NC(=O)Cc3c[nH]cn3)cc2)c1. The van der Waals surface area contributed by atoms with Crippen LogP contribution in [0.5, 0.6) is 11.5 Å². The van der Waals surface area contributed by atoms with E-state index >= 15 is 0 Å². The van der Waals surface area contributed by atoms with E-state index in [0.29, 0.717) is 23.7 Å². The topological polar surface area (TPSA) is 105 Å². The van der Waals surface area contributed by atoms with Crippen LogP contribution in [0.2, 0.25) is 0 Å². The first-order valence-corrected chi connectivity index (χ1v) is 11.6. The predicted octanol–water partition coefficient (Wildman–Crippen LogP) is 4.39. The third kappa shape index (κ3) is 7.54. The van der Waals surface area contributed by atoms with Crippen LogP contribution in [0, 0.1) is 6.92 Å². The van der Waals surface area contributed by atoms with E-state index in [1.54, 1.807) is 30.5 Å². The quantitative estimate of drug-likeness (QED) is 0.293. The van der Waals surface area contributed by atoms with Crippen LogP contribution in [0.15, 0.2) is 91.4 Å². The minimum absolute atomic E-state index is 0.0155. The highest BCUT2D eigenvalue weighted by molar-refractivity contribution is 5.97. The molecule has 0 spiro atoms. The van der Waals surface area contributed by atoms with Crippen molar-refractivity contribution in [3.05, 3.63) is 108 Å². The Labute approximate surface area is 209 Å². The second-order valence-corrected chi connectivity index (χ2v) is 8.29. The maximum Gasteiger partial charge on any atom is 0.249 e. The predicted molar refractivity (Wildman–Crippen MR) is 137 cm³/mol. The number of hydrogen-bond donors (Lipinski definition) is 3. The van der Waals surface area contributed by atoms with Gasteiger partial charge in [-0.05, 0) is 54.4 Å². The maximum absolute atomic E-state index is 13.0. The standard InChI is InChI=1S/C28H28N4O4/c1-20-6-5-9-25(14-20)36-24-12-10-22(11-13-24)31-28(34)26(18-35-17-21-7-3-2-4-8-21)32-27(33)15-23-16-29-19-30-23/h2-14,16,19,26H,15,17-18H2,1H3,(H,29,30)(H,31,34)(H,32,33)/t26-/m0/s1. The number of ether oxygens (including phenoxy) is 2. The monoisotopic (exact) mass is 484 g/mol. The summed E-state index contributed by atoms with van der Waals surface area (Å²) in [6.07, 6.45) is 3.19. The number of hydrogen-bond acceptors (Lipinski definition) is 5. The summed E-state index contributed by atoms with van der Waals surface area (Å²) in [6.45, 7) is 2.34. The van der Waals surface area contributed by atoms with Gasteiger partial charge in [0, 0.05) is 11.9 Å². The van der Waals surface area contributed by atoms with Gasteiger partial charge in [-0.2, -0.15) is 0 Å². The number of H-pyrrole nitrogens is 1.